The number of halogens is 1. The quantitative estimate of drug-likeness (QED) is 0.714. The molecule has 0 atom stereocenters. The van der Waals surface area contributed by atoms with Gasteiger partial charge in [-0.3, -0.25) is 4.90 Å². The van der Waals surface area contributed by atoms with Crippen molar-refractivity contribution in [2.45, 2.75) is 52.9 Å². The first-order valence-corrected chi connectivity index (χ1v) is 10.4. The molecule has 0 unspecified atom stereocenters. The summed E-state index contributed by atoms with van der Waals surface area (Å²) in [6.45, 7) is 9.79. The highest BCUT2D eigenvalue weighted by molar-refractivity contribution is 6.32. The van der Waals surface area contributed by atoms with E-state index >= 15 is 0 Å². The van der Waals surface area contributed by atoms with E-state index in [2.05, 4.69) is 30.9 Å². The van der Waals surface area contributed by atoms with Crippen LogP contribution in [0.3, 0.4) is 0 Å². The van der Waals surface area contributed by atoms with E-state index in [-0.39, 0.29) is 6.10 Å². The van der Waals surface area contributed by atoms with Crippen LogP contribution in [0.4, 0.5) is 0 Å². The Morgan fingerprint density at radius 1 is 1.07 bits per heavy atom. The second-order valence-corrected chi connectivity index (χ2v) is 7.89. The Morgan fingerprint density at radius 2 is 1.82 bits per heavy atom. The van der Waals surface area contributed by atoms with Crippen LogP contribution in [0.2, 0.25) is 5.02 Å². The normalized spacial score (nSPS) is 15.6. The Bertz CT molecular complexity index is 801. The molecule has 0 radical (unpaired) electrons. The van der Waals surface area contributed by atoms with Gasteiger partial charge in [0.05, 0.1) is 17.7 Å². The fraction of sp³-hybridized carbons (Fsp3) is 0.478. The first kappa shape index (κ1) is 21.0. The minimum atomic E-state index is -0.174. The zero-order chi connectivity index (χ0) is 20.1. The Balaban J connectivity index is 1.75. The Kier molecular flexibility index (Phi) is 7.22. The summed E-state index contributed by atoms with van der Waals surface area (Å²) in [5.74, 6) is 1.46. The number of aryl methyl sites for hydroxylation is 1. The van der Waals surface area contributed by atoms with Crippen LogP contribution in [0.15, 0.2) is 30.3 Å². The fourth-order valence-electron chi connectivity index (χ4n) is 3.54. The Hall–Kier alpha value is -1.75. The average Bonchev–Trinajstić information content (AvgIpc) is 2.67. The lowest BCUT2D eigenvalue weighted by Crippen LogP contribution is -2.35. The Labute approximate surface area is 173 Å². The van der Waals surface area contributed by atoms with Crippen molar-refractivity contribution >= 4 is 11.6 Å². The molecular formula is C23H30ClNO3. The maximum atomic E-state index is 9.71. The van der Waals surface area contributed by atoms with Gasteiger partial charge in [-0.05, 0) is 56.4 Å². The Morgan fingerprint density at radius 3 is 2.54 bits per heavy atom. The summed E-state index contributed by atoms with van der Waals surface area (Å²) >= 11 is 6.54. The number of likely N-dealkylation sites (tertiary alicyclic amines) is 1. The maximum Gasteiger partial charge on any atom is 0.142 e. The molecule has 1 aliphatic rings. The number of benzene rings is 2. The molecule has 0 spiro atoms. The summed E-state index contributed by atoms with van der Waals surface area (Å²) in [6.07, 6.45) is 1.45. The second kappa shape index (κ2) is 9.64. The van der Waals surface area contributed by atoms with Gasteiger partial charge in [-0.2, -0.15) is 0 Å². The SMILES string of the molecule is CCOc1cc(OCc2cccc(C)c2C)c(Cl)cc1CN1CCC(O)CC1. The minimum absolute atomic E-state index is 0.174. The van der Waals surface area contributed by atoms with Gasteiger partial charge in [0, 0.05) is 31.3 Å². The number of rotatable bonds is 7. The van der Waals surface area contributed by atoms with Gasteiger partial charge in [-0.25, -0.2) is 0 Å². The molecule has 1 aliphatic heterocycles. The summed E-state index contributed by atoms with van der Waals surface area (Å²) in [5.41, 5.74) is 4.71. The first-order chi connectivity index (χ1) is 13.5. The topological polar surface area (TPSA) is 41.9 Å². The minimum Gasteiger partial charge on any atom is -0.493 e. The largest absolute Gasteiger partial charge is 0.493 e. The van der Waals surface area contributed by atoms with Crippen LogP contribution in [0, 0.1) is 13.8 Å². The van der Waals surface area contributed by atoms with E-state index in [0.717, 1.165) is 49.4 Å². The monoisotopic (exact) mass is 403 g/mol. The standard InChI is InChI=1S/C23H30ClNO3/c1-4-27-22-13-23(28-15-18-7-5-6-16(2)17(18)3)21(24)12-19(22)14-25-10-8-20(26)9-11-25/h5-7,12-13,20,26H,4,8-11,14-15H2,1-3H3. The molecule has 0 aliphatic carbocycles. The summed E-state index contributed by atoms with van der Waals surface area (Å²) in [7, 11) is 0. The zero-order valence-electron chi connectivity index (χ0n) is 17.0. The van der Waals surface area contributed by atoms with Crippen molar-refractivity contribution in [2.75, 3.05) is 19.7 Å². The van der Waals surface area contributed by atoms with E-state index in [4.69, 9.17) is 21.1 Å². The van der Waals surface area contributed by atoms with Gasteiger partial charge in [0.2, 0.25) is 0 Å². The number of hydrogen-bond donors (Lipinski definition) is 1. The van der Waals surface area contributed by atoms with Crippen molar-refractivity contribution < 1.29 is 14.6 Å². The predicted octanol–water partition coefficient (Wildman–Crippen LogP) is 4.89. The van der Waals surface area contributed by atoms with Crippen molar-refractivity contribution in [2.24, 2.45) is 0 Å². The van der Waals surface area contributed by atoms with Gasteiger partial charge >= 0.3 is 0 Å². The van der Waals surface area contributed by atoms with E-state index < -0.39 is 0 Å². The summed E-state index contributed by atoms with van der Waals surface area (Å²) in [6, 6.07) is 10.1. The molecule has 0 amide bonds. The molecule has 1 saturated heterocycles. The molecule has 152 valence electrons. The van der Waals surface area contributed by atoms with E-state index in [1.165, 1.54) is 11.1 Å². The number of aliphatic hydroxyl groups excluding tert-OH is 1. The molecule has 0 saturated carbocycles. The van der Waals surface area contributed by atoms with Crippen LogP contribution in [-0.4, -0.2) is 35.8 Å². The van der Waals surface area contributed by atoms with Crippen molar-refractivity contribution in [1.29, 1.82) is 0 Å². The molecule has 28 heavy (non-hydrogen) atoms. The van der Waals surface area contributed by atoms with E-state index in [0.29, 0.717) is 24.0 Å². The van der Waals surface area contributed by atoms with E-state index in [1.807, 2.05) is 25.1 Å². The van der Waals surface area contributed by atoms with Gasteiger partial charge < -0.3 is 14.6 Å². The average molecular weight is 404 g/mol. The van der Waals surface area contributed by atoms with Gasteiger partial charge in [0.1, 0.15) is 18.1 Å². The molecule has 4 nitrogen and oxygen atoms in total. The molecule has 1 N–H and O–H groups in total. The molecule has 1 fully saturated rings. The molecule has 3 rings (SSSR count). The number of ether oxygens (including phenoxy) is 2. The summed E-state index contributed by atoms with van der Waals surface area (Å²) in [4.78, 5) is 2.33. The van der Waals surface area contributed by atoms with E-state index in [1.54, 1.807) is 0 Å². The lowest BCUT2D eigenvalue weighted by Gasteiger charge is -2.30. The molecule has 0 aromatic heterocycles. The lowest BCUT2D eigenvalue weighted by molar-refractivity contribution is 0.0788. The van der Waals surface area contributed by atoms with Crippen LogP contribution in [0.5, 0.6) is 11.5 Å². The van der Waals surface area contributed by atoms with Crippen LogP contribution in [-0.2, 0) is 13.2 Å². The lowest BCUT2D eigenvalue weighted by atomic mass is 10.0. The smallest absolute Gasteiger partial charge is 0.142 e. The highest BCUT2D eigenvalue weighted by atomic mass is 35.5. The molecule has 2 aromatic carbocycles. The van der Waals surface area contributed by atoms with Crippen LogP contribution in [0.1, 0.15) is 42.0 Å². The predicted molar refractivity (Wildman–Crippen MR) is 113 cm³/mol. The molecular weight excluding hydrogens is 374 g/mol. The highest BCUT2D eigenvalue weighted by Crippen LogP contribution is 2.35. The number of aliphatic hydroxyl groups is 1. The zero-order valence-corrected chi connectivity index (χ0v) is 17.8. The van der Waals surface area contributed by atoms with Gasteiger partial charge in [0.15, 0.2) is 0 Å². The van der Waals surface area contributed by atoms with Gasteiger partial charge in [-0.1, -0.05) is 29.8 Å². The first-order valence-electron chi connectivity index (χ1n) is 10.0. The highest BCUT2D eigenvalue weighted by Gasteiger charge is 2.20. The van der Waals surface area contributed by atoms with Gasteiger partial charge in [0.25, 0.3) is 0 Å². The van der Waals surface area contributed by atoms with Crippen LogP contribution >= 0.6 is 11.6 Å². The maximum absolute atomic E-state index is 9.71. The third-order valence-corrected chi connectivity index (χ3v) is 5.76. The third-order valence-electron chi connectivity index (χ3n) is 5.47. The summed E-state index contributed by atoms with van der Waals surface area (Å²) in [5, 5.41) is 10.3. The molecule has 5 heteroatoms. The number of nitrogens with zero attached hydrogens (tertiary/aromatic N) is 1. The van der Waals surface area contributed by atoms with Crippen LogP contribution < -0.4 is 9.47 Å². The number of hydrogen-bond acceptors (Lipinski definition) is 4. The molecule has 2 aromatic rings. The van der Waals surface area contributed by atoms with E-state index in [9.17, 15) is 5.11 Å². The van der Waals surface area contributed by atoms with Crippen molar-refractivity contribution in [3.8, 4) is 11.5 Å². The van der Waals surface area contributed by atoms with Gasteiger partial charge in [-0.15, -0.1) is 0 Å². The molecule has 0 bridgehead atoms. The van der Waals surface area contributed by atoms with Crippen molar-refractivity contribution in [3.63, 3.8) is 0 Å². The van der Waals surface area contributed by atoms with Crippen molar-refractivity contribution in [3.05, 3.63) is 57.6 Å². The van der Waals surface area contributed by atoms with Crippen molar-refractivity contribution in [1.82, 2.24) is 4.90 Å². The fourth-order valence-corrected chi connectivity index (χ4v) is 3.78. The summed E-state index contributed by atoms with van der Waals surface area (Å²) < 4.78 is 11.9. The number of piperidine rings is 1. The second-order valence-electron chi connectivity index (χ2n) is 7.48. The molecule has 1 heterocycles. The van der Waals surface area contributed by atoms with Crippen LogP contribution in [0.25, 0.3) is 0 Å². The third kappa shape index (κ3) is 5.19.